The monoisotopic (exact) mass is 549 g/mol. The number of rotatable bonds is 10. The van der Waals surface area contributed by atoms with Crippen molar-refractivity contribution < 1.29 is 0 Å². The Bertz CT molecular complexity index is 1530. The number of pyridine rings is 1. The molecule has 0 saturated carbocycles. The van der Waals surface area contributed by atoms with Gasteiger partial charge in [-0.1, -0.05) is 103 Å². The Kier molecular flexibility index (Phi) is 9.51. The van der Waals surface area contributed by atoms with E-state index in [1.807, 2.05) is 0 Å². The summed E-state index contributed by atoms with van der Waals surface area (Å²) < 4.78 is 0. The molecule has 0 spiro atoms. The van der Waals surface area contributed by atoms with E-state index in [-0.39, 0.29) is 0 Å². The molecule has 4 aromatic carbocycles. The van der Waals surface area contributed by atoms with E-state index in [2.05, 4.69) is 143 Å². The van der Waals surface area contributed by atoms with Crippen LogP contribution >= 0.6 is 0 Å². The maximum Gasteiger partial charge on any atom is 0.0852 e. The van der Waals surface area contributed by atoms with Gasteiger partial charge >= 0.3 is 0 Å². The van der Waals surface area contributed by atoms with Gasteiger partial charge in [-0.25, -0.2) is 4.98 Å². The van der Waals surface area contributed by atoms with E-state index in [1.165, 1.54) is 33.4 Å². The molecule has 0 N–H and O–H groups in total. The van der Waals surface area contributed by atoms with Crippen molar-refractivity contribution in [1.29, 1.82) is 0 Å². The first kappa shape index (κ1) is 28.9. The van der Waals surface area contributed by atoms with Crippen LogP contribution in [0.4, 0.5) is 11.4 Å². The van der Waals surface area contributed by atoms with Crippen LogP contribution in [-0.4, -0.2) is 16.4 Å². The van der Waals surface area contributed by atoms with Crippen LogP contribution in [0.15, 0.2) is 125 Å². The molecule has 42 heavy (non-hydrogen) atoms. The molecule has 0 amide bonds. The van der Waals surface area contributed by atoms with Crippen molar-refractivity contribution in [3.8, 4) is 0 Å². The molecule has 0 unspecified atom stereocenters. The van der Waals surface area contributed by atoms with E-state index in [9.17, 15) is 0 Å². The highest BCUT2D eigenvalue weighted by atomic mass is 14.8. The quantitative estimate of drug-likeness (QED) is 0.160. The molecule has 3 nitrogen and oxygen atoms in total. The molecular formula is C39H39N3. The number of benzene rings is 4. The minimum absolute atomic E-state index is 0.793. The molecule has 0 atom stereocenters. The third kappa shape index (κ3) is 7.36. The van der Waals surface area contributed by atoms with Crippen LogP contribution in [0.5, 0.6) is 0 Å². The lowest BCUT2D eigenvalue weighted by Gasteiger charge is -2.13. The maximum absolute atomic E-state index is 5.26. The molecule has 1 heterocycles. The summed E-state index contributed by atoms with van der Waals surface area (Å²) in [5.41, 5.74) is 13.1. The summed E-state index contributed by atoms with van der Waals surface area (Å²) in [5, 5.41) is 0. The summed E-state index contributed by atoms with van der Waals surface area (Å²) in [6, 6.07) is 40.2. The molecular weight excluding hydrogens is 510 g/mol. The molecule has 0 aliphatic heterocycles. The molecule has 0 aliphatic carbocycles. The topological polar surface area (TPSA) is 37.6 Å². The van der Waals surface area contributed by atoms with Gasteiger partial charge in [0, 0.05) is 0 Å². The fourth-order valence-corrected chi connectivity index (χ4v) is 5.29. The highest BCUT2D eigenvalue weighted by Gasteiger charge is 2.14. The first-order valence-corrected chi connectivity index (χ1v) is 14.8. The van der Waals surface area contributed by atoms with E-state index in [1.54, 1.807) is 0 Å². The van der Waals surface area contributed by atoms with Crippen molar-refractivity contribution in [2.75, 3.05) is 0 Å². The average Bonchev–Trinajstić information content (AvgIpc) is 3.01. The fraction of sp³-hybridized carbons (Fsp3) is 0.205. The van der Waals surface area contributed by atoms with E-state index < -0.39 is 0 Å². The zero-order valence-electron chi connectivity index (χ0n) is 25.1. The molecule has 0 aliphatic rings. The number of para-hydroxylation sites is 2. The number of aliphatic imine (C=N–C) groups is 2. The zero-order chi connectivity index (χ0) is 29.3. The molecule has 3 heteroatoms. The molecule has 0 bridgehead atoms. The van der Waals surface area contributed by atoms with Crippen molar-refractivity contribution in [1.82, 2.24) is 4.98 Å². The van der Waals surface area contributed by atoms with E-state index in [4.69, 9.17) is 15.0 Å². The van der Waals surface area contributed by atoms with Gasteiger partial charge in [0.1, 0.15) is 0 Å². The largest absolute Gasteiger partial charge is 0.251 e. The average molecular weight is 550 g/mol. The predicted molar refractivity (Wildman–Crippen MR) is 178 cm³/mol. The van der Waals surface area contributed by atoms with Crippen molar-refractivity contribution in [2.45, 2.75) is 53.4 Å². The second kappa shape index (κ2) is 13.8. The Balaban J connectivity index is 1.57. The standard InChI is InChI=1S/C39H39N3/c1-28-14-11-15-29(2)38(28)41-36(26-24-32-18-7-5-8-19-32)34-22-13-23-35(40-34)37(27-25-33-20-9-6-10-21-33)42-39-30(3)16-12-17-31(39)4/h5-23H,24-27H2,1-4H3. The lowest BCUT2D eigenvalue weighted by atomic mass is 10.0. The van der Waals surface area contributed by atoms with Gasteiger partial charge in [-0.3, -0.25) is 9.98 Å². The lowest BCUT2D eigenvalue weighted by Crippen LogP contribution is -2.11. The number of hydrogen-bond acceptors (Lipinski definition) is 3. The first-order valence-electron chi connectivity index (χ1n) is 14.8. The van der Waals surface area contributed by atoms with E-state index in [0.29, 0.717) is 0 Å². The van der Waals surface area contributed by atoms with Gasteiger partial charge in [0.15, 0.2) is 0 Å². The Labute approximate surface area is 250 Å². The van der Waals surface area contributed by atoms with Crippen LogP contribution in [0.3, 0.4) is 0 Å². The molecule has 5 rings (SSSR count). The number of aromatic nitrogens is 1. The maximum atomic E-state index is 5.26. The fourth-order valence-electron chi connectivity index (χ4n) is 5.29. The van der Waals surface area contributed by atoms with Gasteiger partial charge in [-0.15, -0.1) is 0 Å². The summed E-state index contributed by atoms with van der Waals surface area (Å²) in [6.07, 6.45) is 3.38. The van der Waals surface area contributed by atoms with Gasteiger partial charge in [0.2, 0.25) is 0 Å². The zero-order valence-corrected chi connectivity index (χ0v) is 25.1. The Morgan fingerprint density at radius 2 is 0.810 bits per heavy atom. The normalized spacial score (nSPS) is 12.0. The SMILES string of the molecule is Cc1cccc(C)c1N=C(CCc1ccccc1)c1cccc(C(CCc2ccccc2)=Nc2c(C)cccc2C)n1. The van der Waals surface area contributed by atoms with Crippen LogP contribution in [0.1, 0.15) is 57.6 Å². The van der Waals surface area contributed by atoms with Crippen LogP contribution in [0.25, 0.3) is 0 Å². The van der Waals surface area contributed by atoms with Crippen LogP contribution in [0, 0.1) is 27.7 Å². The van der Waals surface area contributed by atoms with Gasteiger partial charge in [0.25, 0.3) is 0 Å². The Morgan fingerprint density at radius 1 is 0.452 bits per heavy atom. The lowest BCUT2D eigenvalue weighted by molar-refractivity contribution is 1.01. The van der Waals surface area contributed by atoms with E-state index in [0.717, 1.165) is 59.9 Å². The van der Waals surface area contributed by atoms with Gasteiger partial charge in [0.05, 0.1) is 34.2 Å². The van der Waals surface area contributed by atoms with E-state index >= 15 is 0 Å². The molecule has 5 aromatic rings. The number of hydrogen-bond donors (Lipinski definition) is 0. The van der Waals surface area contributed by atoms with Gasteiger partial charge < -0.3 is 0 Å². The van der Waals surface area contributed by atoms with Gasteiger partial charge in [-0.05, 0) is 98.9 Å². The van der Waals surface area contributed by atoms with Crippen molar-refractivity contribution in [2.24, 2.45) is 9.98 Å². The summed E-state index contributed by atoms with van der Waals surface area (Å²) in [7, 11) is 0. The number of aryl methyl sites for hydroxylation is 6. The molecule has 210 valence electrons. The minimum Gasteiger partial charge on any atom is -0.251 e. The van der Waals surface area contributed by atoms with Crippen molar-refractivity contribution in [3.63, 3.8) is 0 Å². The van der Waals surface area contributed by atoms with Crippen LogP contribution < -0.4 is 0 Å². The smallest absolute Gasteiger partial charge is 0.0852 e. The van der Waals surface area contributed by atoms with Crippen LogP contribution in [-0.2, 0) is 12.8 Å². The molecule has 0 saturated heterocycles. The predicted octanol–water partition coefficient (Wildman–Crippen LogP) is 9.82. The first-order chi connectivity index (χ1) is 20.5. The van der Waals surface area contributed by atoms with Crippen LogP contribution in [0.2, 0.25) is 0 Å². The second-order valence-electron chi connectivity index (χ2n) is 11.0. The number of nitrogens with zero attached hydrogens (tertiary/aromatic N) is 3. The van der Waals surface area contributed by atoms with Crippen molar-refractivity contribution >= 4 is 22.8 Å². The highest BCUT2D eigenvalue weighted by molar-refractivity contribution is 6.04. The Hall–Kier alpha value is -4.63. The van der Waals surface area contributed by atoms with Crippen molar-refractivity contribution in [3.05, 3.63) is 160 Å². The summed E-state index contributed by atoms with van der Waals surface area (Å²) in [4.78, 5) is 15.8. The minimum atomic E-state index is 0.793. The molecule has 1 aromatic heterocycles. The third-order valence-electron chi connectivity index (χ3n) is 7.70. The third-order valence-corrected chi connectivity index (χ3v) is 7.70. The van der Waals surface area contributed by atoms with Gasteiger partial charge in [-0.2, -0.15) is 0 Å². The molecule has 0 radical (unpaired) electrons. The summed E-state index contributed by atoms with van der Waals surface area (Å²) >= 11 is 0. The summed E-state index contributed by atoms with van der Waals surface area (Å²) in [5.74, 6) is 0. The summed E-state index contributed by atoms with van der Waals surface area (Å²) in [6.45, 7) is 8.51. The molecule has 0 fully saturated rings. The Morgan fingerprint density at radius 3 is 1.19 bits per heavy atom. The highest BCUT2D eigenvalue weighted by Crippen LogP contribution is 2.27. The second-order valence-corrected chi connectivity index (χ2v) is 11.0.